The third-order valence-corrected chi connectivity index (χ3v) is 5.94. The number of anilines is 2. The summed E-state index contributed by atoms with van der Waals surface area (Å²) in [4.78, 5) is 23.0. The van der Waals surface area contributed by atoms with Gasteiger partial charge in [-0.3, -0.25) is 4.79 Å². The molecule has 1 atom stereocenters. The van der Waals surface area contributed by atoms with Crippen LogP contribution in [0, 0.1) is 13.8 Å². The van der Waals surface area contributed by atoms with Gasteiger partial charge in [0, 0.05) is 24.3 Å². The number of hydrogen-bond acceptors (Lipinski definition) is 8. The molecule has 2 aromatic rings. The van der Waals surface area contributed by atoms with Gasteiger partial charge in [-0.1, -0.05) is 5.16 Å². The lowest BCUT2D eigenvalue weighted by Crippen LogP contribution is -2.41. The van der Waals surface area contributed by atoms with Crippen LogP contribution < -0.4 is 5.32 Å². The molecule has 0 bridgehead atoms. The van der Waals surface area contributed by atoms with Crippen LogP contribution in [0.4, 0.5) is 11.8 Å². The van der Waals surface area contributed by atoms with Crippen LogP contribution in [0.3, 0.4) is 0 Å². The molecule has 26 heavy (non-hydrogen) atoms. The number of aryl methyl sites for hydroxylation is 2. The lowest BCUT2D eigenvalue weighted by molar-refractivity contribution is 0.0702. The Bertz CT molecular complexity index is 924. The molecule has 1 aliphatic heterocycles. The number of sulfone groups is 1. The van der Waals surface area contributed by atoms with E-state index in [0.717, 1.165) is 0 Å². The molecule has 0 spiro atoms. The van der Waals surface area contributed by atoms with Crippen LogP contribution in [0.1, 0.15) is 35.3 Å². The van der Waals surface area contributed by atoms with E-state index >= 15 is 0 Å². The van der Waals surface area contributed by atoms with Crippen molar-refractivity contribution >= 4 is 27.5 Å². The number of carbonyl (C=O) groups is 1. The minimum absolute atomic E-state index is 0.0000306. The van der Waals surface area contributed by atoms with Crippen LogP contribution in [-0.2, 0) is 9.84 Å². The molecule has 1 saturated heterocycles. The summed E-state index contributed by atoms with van der Waals surface area (Å²) in [6, 6.07) is 2.96. The van der Waals surface area contributed by atoms with Crippen molar-refractivity contribution in [3.63, 3.8) is 0 Å². The maximum Gasteiger partial charge on any atom is 0.272 e. The average molecular weight is 379 g/mol. The summed E-state index contributed by atoms with van der Waals surface area (Å²) >= 11 is 0. The van der Waals surface area contributed by atoms with E-state index in [1.54, 1.807) is 30.9 Å². The second-order valence-electron chi connectivity index (χ2n) is 6.31. The molecule has 3 rings (SSSR count). The maximum atomic E-state index is 12.9. The van der Waals surface area contributed by atoms with Crippen LogP contribution in [0.15, 0.2) is 16.7 Å². The molecule has 0 saturated carbocycles. The van der Waals surface area contributed by atoms with E-state index in [9.17, 15) is 13.2 Å². The van der Waals surface area contributed by atoms with E-state index in [-0.39, 0.29) is 35.1 Å². The fourth-order valence-corrected chi connectivity index (χ4v) is 4.74. The van der Waals surface area contributed by atoms with Crippen LogP contribution in [0.5, 0.6) is 0 Å². The molecular formula is C16H21N5O4S. The Morgan fingerprint density at radius 3 is 2.69 bits per heavy atom. The first-order chi connectivity index (χ1) is 12.3. The molecule has 2 aromatic heterocycles. The SMILES string of the molecule is CCN(C(=O)c1cc(C)nc(Nc2cc(C)on2)n1)C1CCS(=O)(=O)C1. The number of aromatic nitrogens is 3. The molecule has 9 nitrogen and oxygen atoms in total. The monoisotopic (exact) mass is 379 g/mol. The van der Waals surface area contributed by atoms with Gasteiger partial charge in [-0.25, -0.2) is 18.4 Å². The van der Waals surface area contributed by atoms with Crippen LogP contribution in [0.2, 0.25) is 0 Å². The van der Waals surface area contributed by atoms with Crippen molar-refractivity contribution in [2.45, 2.75) is 33.2 Å². The smallest absolute Gasteiger partial charge is 0.272 e. The molecule has 1 amide bonds. The third-order valence-electron chi connectivity index (χ3n) is 4.19. The molecule has 0 aliphatic carbocycles. The van der Waals surface area contributed by atoms with Gasteiger partial charge >= 0.3 is 0 Å². The van der Waals surface area contributed by atoms with Crippen molar-refractivity contribution in [3.8, 4) is 0 Å². The Labute approximate surface area is 151 Å². The molecule has 3 heterocycles. The highest BCUT2D eigenvalue weighted by Crippen LogP contribution is 2.20. The van der Waals surface area contributed by atoms with Gasteiger partial charge in [0.15, 0.2) is 15.7 Å². The molecule has 0 radical (unpaired) electrons. The van der Waals surface area contributed by atoms with Crippen LogP contribution >= 0.6 is 0 Å². The third kappa shape index (κ3) is 4.01. The van der Waals surface area contributed by atoms with Crippen molar-refractivity contribution in [3.05, 3.63) is 29.3 Å². The zero-order valence-electron chi connectivity index (χ0n) is 14.9. The van der Waals surface area contributed by atoms with Gasteiger partial charge in [0.2, 0.25) is 5.95 Å². The van der Waals surface area contributed by atoms with E-state index in [4.69, 9.17) is 4.52 Å². The van der Waals surface area contributed by atoms with E-state index in [0.29, 0.717) is 30.2 Å². The number of nitrogens with one attached hydrogen (secondary N) is 1. The van der Waals surface area contributed by atoms with Crippen molar-refractivity contribution < 1.29 is 17.7 Å². The zero-order valence-corrected chi connectivity index (χ0v) is 15.7. The van der Waals surface area contributed by atoms with Crippen molar-refractivity contribution in [2.75, 3.05) is 23.4 Å². The standard InChI is InChI=1S/C16H21N5O4S/c1-4-21(12-5-6-26(23,24)9-12)15(22)13-7-10(2)17-16(18-13)19-14-8-11(3)25-20-14/h7-8,12H,4-6,9H2,1-3H3,(H,17,18,19,20). The lowest BCUT2D eigenvalue weighted by atomic mass is 10.2. The summed E-state index contributed by atoms with van der Waals surface area (Å²) < 4.78 is 28.5. The topological polar surface area (TPSA) is 118 Å². The highest BCUT2D eigenvalue weighted by Gasteiger charge is 2.34. The summed E-state index contributed by atoms with van der Waals surface area (Å²) in [7, 11) is -3.08. The van der Waals surface area contributed by atoms with E-state index in [2.05, 4.69) is 20.4 Å². The fraction of sp³-hybridized carbons (Fsp3) is 0.500. The first kappa shape index (κ1) is 18.3. The minimum Gasteiger partial charge on any atom is -0.360 e. The molecular weight excluding hydrogens is 358 g/mol. The Kier molecular flexibility index (Phi) is 4.94. The summed E-state index contributed by atoms with van der Waals surface area (Å²) in [5, 5.41) is 6.72. The van der Waals surface area contributed by atoms with Crippen LogP contribution in [0.25, 0.3) is 0 Å². The zero-order chi connectivity index (χ0) is 18.9. The molecule has 1 unspecified atom stereocenters. The highest BCUT2D eigenvalue weighted by molar-refractivity contribution is 7.91. The quantitative estimate of drug-likeness (QED) is 0.830. The molecule has 1 fully saturated rings. The molecule has 140 valence electrons. The summed E-state index contributed by atoms with van der Waals surface area (Å²) in [5.41, 5.74) is 0.826. The predicted molar refractivity (Wildman–Crippen MR) is 95.1 cm³/mol. The van der Waals surface area contributed by atoms with Gasteiger partial charge in [-0.15, -0.1) is 0 Å². The highest BCUT2D eigenvalue weighted by atomic mass is 32.2. The van der Waals surface area contributed by atoms with Gasteiger partial charge in [0.25, 0.3) is 5.91 Å². The number of rotatable bonds is 5. The number of carbonyl (C=O) groups excluding carboxylic acids is 1. The predicted octanol–water partition coefficient (Wildman–Crippen LogP) is 1.47. The van der Waals surface area contributed by atoms with Gasteiger partial charge in [0.1, 0.15) is 11.5 Å². The van der Waals surface area contributed by atoms with E-state index in [1.165, 1.54) is 0 Å². The van der Waals surface area contributed by atoms with Crippen LogP contribution in [-0.4, -0.2) is 58.4 Å². The second-order valence-corrected chi connectivity index (χ2v) is 8.54. The van der Waals surface area contributed by atoms with Crippen molar-refractivity contribution in [1.29, 1.82) is 0 Å². The lowest BCUT2D eigenvalue weighted by Gasteiger charge is -2.26. The molecule has 1 aliphatic rings. The van der Waals surface area contributed by atoms with Gasteiger partial charge in [-0.2, -0.15) is 0 Å². The summed E-state index contributed by atoms with van der Waals surface area (Å²) in [6.45, 7) is 5.76. The first-order valence-electron chi connectivity index (χ1n) is 8.35. The Balaban J connectivity index is 1.84. The number of nitrogens with zero attached hydrogens (tertiary/aromatic N) is 4. The summed E-state index contributed by atoms with van der Waals surface area (Å²) in [6.07, 6.45) is 0.454. The largest absolute Gasteiger partial charge is 0.360 e. The molecule has 1 N–H and O–H groups in total. The van der Waals surface area contributed by atoms with Crippen molar-refractivity contribution in [1.82, 2.24) is 20.0 Å². The van der Waals surface area contributed by atoms with Crippen molar-refractivity contribution in [2.24, 2.45) is 0 Å². The van der Waals surface area contributed by atoms with Gasteiger partial charge < -0.3 is 14.7 Å². The summed E-state index contributed by atoms with van der Waals surface area (Å²) in [5.74, 6) is 1.12. The van der Waals surface area contributed by atoms with Gasteiger partial charge in [0.05, 0.1) is 11.5 Å². The average Bonchev–Trinajstić information content (AvgIpc) is 3.12. The Morgan fingerprint density at radius 1 is 1.35 bits per heavy atom. The first-order valence-corrected chi connectivity index (χ1v) is 10.2. The Morgan fingerprint density at radius 2 is 2.12 bits per heavy atom. The van der Waals surface area contributed by atoms with E-state index < -0.39 is 9.84 Å². The van der Waals surface area contributed by atoms with E-state index in [1.807, 2.05) is 6.92 Å². The fourth-order valence-electron chi connectivity index (χ4n) is 3.01. The maximum absolute atomic E-state index is 12.9. The Hall–Kier alpha value is -2.49. The van der Waals surface area contributed by atoms with Gasteiger partial charge in [-0.05, 0) is 33.3 Å². The second kappa shape index (κ2) is 7.02. The number of amides is 1. The minimum atomic E-state index is -3.08. The normalized spacial score (nSPS) is 18.7. The molecule has 10 heteroatoms. The molecule has 0 aromatic carbocycles. The number of hydrogen-bond donors (Lipinski definition) is 1.